The number of rotatable bonds is 21. The van der Waals surface area contributed by atoms with E-state index in [1.54, 1.807) is 29.0 Å². The van der Waals surface area contributed by atoms with Gasteiger partial charge in [-0.1, -0.05) is 36.8 Å². The maximum Gasteiger partial charge on any atom is 0.333 e. The molecule has 2 unspecified atom stereocenters. The van der Waals surface area contributed by atoms with Crippen molar-refractivity contribution in [2.75, 3.05) is 37.6 Å². The summed E-state index contributed by atoms with van der Waals surface area (Å²) in [6, 6.07) is 11.8. The van der Waals surface area contributed by atoms with E-state index in [1.165, 1.54) is 50.7 Å². The molecule has 18 nitrogen and oxygen atoms in total. The van der Waals surface area contributed by atoms with Crippen LogP contribution in [0.1, 0.15) is 79.2 Å². The molecule has 0 fully saturated rings. The number of hydrogen-bond donors (Lipinski definition) is 3. The molecule has 69 heavy (non-hydrogen) atoms. The lowest BCUT2D eigenvalue weighted by Crippen LogP contribution is -2.38. The van der Waals surface area contributed by atoms with Gasteiger partial charge in [0.05, 0.1) is 45.1 Å². The Morgan fingerprint density at radius 3 is 2.29 bits per heavy atom. The lowest BCUT2D eigenvalue weighted by Gasteiger charge is -2.30. The van der Waals surface area contributed by atoms with Gasteiger partial charge in [0.1, 0.15) is 16.0 Å². The zero-order valence-electron chi connectivity index (χ0n) is 38.9. The summed E-state index contributed by atoms with van der Waals surface area (Å²) in [5, 5.41) is 20.8. The number of carbonyl (C=O) groups is 2. The van der Waals surface area contributed by atoms with E-state index in [0.29, 0.717) is 71.8 Å². The third-order valence-corrected chi connectivity index (χ3v) is 15.8. The van der Waals surface area contributed by atoms with E-state index in [-0.39, 0.29) is 33.6 Å². The molecule has 2 aliphatic heterocycles. The molecule has 5 heterocycles. The number of sulfone groups is 1. The summed E-state index contributed by atoms with van der Waals surface area (Å²) in [6.07, 6.45) is 17.9. The Hall–Kier alpha value is -5.75. The molecular weight excluding hydrogens is 971 g/mol. The van der Waals surface area contributed by atoms with Crippen LogP contribution in [0.3, 0.4) is 0 Å². The average Bonchev–Trinajstić information content (AvgIpc) is 4.00. The number of anilines is 1. The molecular formula is C47H55N5O13S4. The Morgan fingerprint density at radius 1 is 0.942 bits per heavy atom. The van der Waals surface area contributed by atoms with Crippen molar-refractivity contribution in [3.8, 4) is 11.8 Å². The van der Waals surface area contributed by atoms with Gasteiger partial charge >= 0.3 is 11.8 Å². The van der Waals surface area contributed by atoms with Gasteiger partial charge in [-0.25, -0.2) is 22.8 Å². The van der Waals surface area contributed by atoms with Crippen molar-refractivity contribution in [1.82, 2.24) is 9.79 Å². The molecule has 22 heteroatoms. The van der Waals surface area contributed by atoms with Gasteiger partial charge in [0, 0.05) is 60.1 Å². The lowest BCUT2D eigenvalue weighted by atomic mass is 9.78. The summed E-state index contributed by atoms with van der Waals surface area (Å²) in [4.78, 5) is 43.3. The topological polar surface area (TPSA) is 249 Å². The van der Waals surface area contributed by atoms with Gasteiger partial charge in [0.25, 0.3) is 16.0 Å². The zero-order chi connectivity index (χ0) is 50.5. The normalized spacial score (nSPS) is 17.8. The first-order valence-electron chi connectivity index (χ1n) is 21.7. The second kappa shape index (κ2) is 21.5. The quantitative estimate of drug-likeness (QED) is 0.0218. The van der Waals surface area contributed by atoms with Crippen molar-refractivity contribution in [1.29, 1.82) is 0 Å². The number of hydroxylamine groups is 2. The molecule has 4 aromatic rings. The minimum atomic E-state index is -4.60. The van der Waals surface area contributed by atoms with E-state index in [4.69, 9.17) is 14.7 Å². The van der Waals surface area contributed by atoms with E-state index in [1.807, 2.05) is 68.2 Å². The van der Waals surface area contributed by atoms with Gasteiger partial charge in [-0.05, 0) is 117 Å². The molecule has 370 valence electrons. The van der Waals surface area contributed by atoms with Crippen LogP contribution in [0.4, 0.5) is 11.5 Å². The fraction of sp³-hybridized carbons (Fsp3) is 0.362. The van der Waals surface area contributed by atoms with E-state index in [0.717, 1.165) is 32.5 Å². The Morgan fingerprint density at radius 2 is 1.64 bits per heavy atom. The third kappa shape index (κ3) is 12.4. The van der Waals surface area contributed by atoms with E-state index >= 15 is 0 Å². The van der Waals surface area contributed by atoms with Crippen molar-refractivity contribution in [3.63, 3.8) is 0 Å². The minimum Gasteiger partial charge on any atom is -0.768 e. The number of fused-ring (bicyclic) bond motifs is 2. The number of aromatic nitrogens is 2. The molecule has 1 aromatic carbocycles. The number of carbonyl (C=O) groups excluding carboxylic acids is 2. The maximum atomic E-state index is 13.2. The fourth-order valence-electron chi connectivity index (χ4n) is 8.27. The number of nitrogens with zero attached hydrogens (tertiary/aromatic N) is 5. The van der Waals surface area contributed by atoms with Gasteiger partial charge in [0.2, 0.25) is 11.8 Å². The number of benzene rings is 1. The highest BCUT2D eigenvalue weighted by Crippen LogP contribution is 2.51. The monoisotopic (exact) mass is 1030 g/mol. The van der Waals surface area contributed by atoms with Crippen LogP contribution in [0.15, 0.2) is 117 Å². The van der Waals surface area contributed by atoms with Crippen LogP contribution in [0.2, 0.25) is 0 Å². The number of aromatic hydroxyl groups is 2. The predicted octanol–water partition coefficient (Wildman–Crippen LogP) is 5.95. The number of thiophene rings is 1. The molecule has 0 aliphatic carbocycles. The Kier molecular flexibility index (Phi) is 16.4. The van der Waals surface area contributed by atoms with Crippen LogP contribution in [-0.4, -0.2) is 100 Å². The highest BCUT2D eigenvalue weighted by atomic mass is 32.2. The van der Waals surface area contributed by atoms with Crippen molar-refractivity contribution >= 4 is 71.5 Å². The van der Waals surface area contributed by atoms with Crippen molar-refractivity contribution in [3.05, 3.63) is 125 Å². The van der Waals surface area contributed by atoms with Crippen molar-refractivity contribution < 1.29 is 64.2 Å². The summed E-state index contributed by atoms with van der Waals surface area (Å²) in [6.45, 7) is 6.65. The summed E-state index contributed by atoms with van der Waals surface area (Å²) in [7, 11) is -4.92. The molecule has 6 rings (SSSR count). The van der Waals surface area contributed by atoms with Crippen LogP contribution in [-0.2, 0) is 64.5 Å². The van der Waals surface area contributed by atoms with Gasteiger partial charge in [0.15, 0.2) is 5.71 Å². The fourth-order valence-corrected chi connectivity index (χ4v) is 11.1. The van der Waals surface area contributed by atoms with E-state index in [2.05, 4.69) is 0 Å². The first-order chi connectivity index (χ1) is 32.4. The van der Waals surface area contributed by atoms with Gasteiger partial charge in [-0.2, -0.15) is 8.42 Å². The largest absolute Gasteiger partial charge is 0.768 e. The number of hydrogen-bond acceptors (Lipinski definition) is 15. The molecule has 0 radical (unpaired) electrons. The smallest absolute Gasteiger partial charge is 0.333 e. The average molecular weight is 1030 g/mol. The standard InChI is InChI=1S/C47H55N5O13S4/c1-46(2)36-28-32(45(56)49(4)64-5)31-50(25-15-27-68(6,59)60)44(36)48-38(46)16-11-8-7-9-12-17-39-47(3,30-33-19-24-43(66-33)67(57)58)35-29-34(69(61,62)63)20-21-37(35)51(39)26-14-10-13-18-42(55)65-52-40(53)22-23-41(52)54/h7-9,11-12,16-17,19-24,28-29,31H,10,13-15,18,25-27,30H2,1-6H3,(H3-,53,54,57,58,61,62,63). The molecule has 1 amide bonds. The lowest BCUT2D eigenvalue weighted by molar-refractivity contribution is -0.684. The Labute approximate surface area is 408 Å². The van der Waals surface area contributed by atoms with Crippen LogP contribution < -0.4 is 14.3 Å². The molecule has 3 N–H and O–H groups in total. The summed E-state index contributed by atoms with van der Waals surface area (Å²) >= 11 is -1.35. The Bertz CT molecular complexity index is 3000. The Balaban J connectivity index is 1.26. The second-order valence-electron chi connectivity index (χ2n) is 17.3. The van der Waals surface area contributed by atoms with Gasteiger partial charge in [-0.3, -0.25) is 18.4 Å². The first-order valence-corrected chi connectivity index (χ1v) is 27.1. The van der Waals surface area contributed by atoms with Crippen LogP contribution >= 0.6 is 11.3 Å². The van der Waals surface area contributed by atoms with Gasteiger partial charge < -0.3 is 24.5 Å². The number of allylic oxidation sites excluding steroid dienone is 8. The number of unbranched alkanes of at least 4 members (excludes halogenated alkanes) is 2. The number of aliphatic imine (C=N–C) groups is 1. The number of pyridine rings is 1. The zero-order valence-corrected chi connectivity index (χ0v) is 42.2. The van der Waals surface area contributed by atoms with Crippen molar-refractivity contribution in [2.45, 2.75) is 85.8 Å². The highest BCUT2D eigenvalue weighted by molar-refractivity contribution is 7.90. The molecule has 0 saturated carbocycles. The first kappa shape index (κ1) is 52.6. The number of aryl methyl sites for hydroxylation is 1. The third-order valence-electron chi connectivity index (χ3n) is 11.9. The number of amides is 1. The summed E-state index contributed by atoms with van der Waals surface area (Å²) < 4.78 is 85.1. The second-order valence-corrected chi connectivity index (χ2v) is 23.3. The van der Waals surface area contributed by atoms with Crippen LogP contribution in [0.5, 0.6) is 11.8 Å². The molecule has 2 aliphatic rings. The predicted molar refractivity (Wildman–Crippen MR) is 260 cm³/mol. The summed E-state index contributed by atoms with van der Waals surface area (Å²) in [5.41, 5.74) is 2.36. The van der Waals surface area contributed by atoms with Crippen molar-refractivity contribution in [2.24, 2.45) is 4.99 Å². The van der Waals surface area contributed by atoms with E-state index < -0.39 is 59.6 Å². The molecule has 0 bridgehead atoms. The van der Waals surface area contributed by atoms with E-state index in [9.17, 15) is 50.0 Å². The SMILES string of the molecule is CON(C)C(=O)c1cc2c([n+](CCCS(C)(=O)=O)c1)N=C(C=CC=CC=CC=C1N(CCCCCC(=O)On3c(O)ccc3O)c3ccc(S(=O)(=O)O)cc3C1(C)Cc1ccc(S(=O)[O-])s1)C2(C)C. The molecule has 0 saturated heterocycles. The summed E-state index contributed by atoms with van der Waals surface area (Å²) in [5.74, 6) is -1.31. The van der Waals surface area contributed by atoms with Crippen LogP contribution in [0.25, 0.3) is 0 Å². The molecule has 2 atom stereocenters. The maximum absolute atomic E-state index is 13.2. The van der Waals surface area contributed by atoms with Gasteiger partial charge in [-0.15, -0.1) is 16.1 Å². The molecule has 3 aromatic heterocycles. The highest BCUT2D eigenvalue weighted by Gasteiger charge is 2.45. The molecule has 0 spiro atoms. The van der Waals surface area contributed by atoms with Crippen LogP contribution in [0, 0.1) is 0 Å². The minimum absolute atomic E-state index is 0.00316.